The Balaban J connectivity index is 2.30. The number of aliphatic hydroxyl groups excluding tert-OH is 1. The standard InChI is InChI=1S/C13H13NO2/c1-16-12-7-11(8-14-9-12)13(15)10-5-3-2-4-6-10/h2-9,13,15H,1H3/t13-/m0/s1. The molecule has 3 nitrogen and oxygen atoms in total. The van der Waals surface area contributed by atoms with Crippen molar-refractivity contribution in [3.63, 3.8) is 0 Å². The second kappa shape index (κ2) is 4.77. The number of ether oxygens (including phenoxy) is 1. The van der Waals surface area contributed by atoms with E-state index in [1.807, 2.05) is 30.3 Å². The Bertz CT molecular complexity index is 456. The highest BCUT2D eigenvalue weighted by Crippen LogP contribution is 2.23. The van der Waals surface area contributed by atoms with Gasteiger partial charge < -0.3 is 9.84 Å². The molecule has 2 rings (SSSR count). The molecular weight excluding hydrogens is 202 g/mol. The van der Waals surface area contributed by atoms with Crippen molar-refractivity contribution in [2.45, 2.75) is 6.10 Å². The van der Waals surface area contributed by atoms with Crippen molar-refractivity contribution in [3.05, 3.63) is 59.9 Å². The van der Waals surface area contributed by atoms with Crippen LogP contribution in [-0.4, -0.2) is 17.2 Å². The minimum Gasteiger partial charge on any atom is -0.495 e. The number of benzene rings is 1. The van der Waals surface area contributed by atoms with Gasteiger partial charge in [-0.3, -0.25) is 4.98 Å². The summed E-state index contributed by atoms with van der Waals surface area (Å²) in [5, 5.41) is 10.1. The summed E-state index contributed by atoms with van der Waals surface area (Å²) < 4.78 is 5.07. The van der Waals surface area contributed by atoms with Crippen LogP contribution in [0.5, 0.6) is 5.75 Å². The van der Waals surface area contributed by atoms with Crippen molar-refractivity contribution >= 4 is 0 Å². The molecule has 0 aliphatic heterocycles. The maximum atomic E-state index is 10.1. The summed E-state index contributed by atoms with van der Waals surface area (Å²) in [5.74, 6) is 0.646. The largest absolute Gasteiger partial charge is 0.495 e. The van der Waals surface area contributed by atoms with Crippen LogP contribution in [-0.2, 0) is 0 Å². The van der Waals surface area contributed by atoms with Gasteiger partial charge in [-0.2, -0.15) is 0 Å². The SMILES string of the molecule is COc1cncc([C@@H](O)c2ccccc2)c1. The highest BCUT2D eigenvalue weighted by Gasteiger charge is 2.10. The molecule has 0 aliphatic rings. The quantitative estimate of drug-likeness (QED) is 0.853. The fourth-order valence-corrected chi connectivity index (χ4v) is 1.52. The second-order valence-corrected chi connectivity index (χ2v) is 3.47. The average Bonchev–Trinajstić information content (AvgIpc) is 2.39. The lowest BCUT2D eigenvalue weighted by Gasteiger charge is -2.11. The fraction of sp³-hybridized carbons (Fsp3) is 0.154. The third-order valence-electron chi connectivity index (χ3n) is 2.40. The van der Waals surface area contributed by atoms with E-state index >= 15 is 0 Å². The van der Waals surface area contributed by atoms with Gasteiger partial charge in [0.2, 0.25) is 0 Å². The molecule has 0 bridgehead atoms. The lowest BCUT2D eigenvalue weighted by atomic mass is 10.0. The van der Waals surface area contributed by atoms with E-state index in [2.05, 4.69) is 4.98 Å². The van der Waals surface area contributed by atoms with Gasteiger partial charge in [-0.15, -0.1) is 0 Å². The molecular formula is C13H13NO2. The predicted molar refractivity (Wildman–Crippen MR) is 61.3 cm³/mol. The van der Waals surface area contributed by atoms with Gasteiger partial charge in [-0.05, 0) is 11.6 Å². The molecule has 1 aromatic carbocycles. The number of aliphatic hydroxyl groups is 1. The molecule has 0 amide bonds. The molecule has 1 heterocycles. The summed E-state index contributed by atoms with van der Waals surface area (Å²) in [6.07, 6.45) is 2.59. The smallest absolute Gasteiger partial charge is 0.137 e. The van der Waals surface area contributed by atoms with Crippen LogP contribution in [0.3, 0.4) is 0 Å². The summed E-state index contributed by atoms with van der Waals surface area (Å²) in [6, 6.07) is 11.2. The second-order valence-electron chi connectivity index (χ2n) is 3.47. The van der Waals surface area contributed by atoms with Crippen molar-refractivity contribution in [3.8, 4) is 5.75 Å². The summed E-state index contributed by atoms with van der Waals surface area (Å²) in [5.41, 5.74) is 1.57. The third-order valence-corrected chi connectivity index (χ3v) is 2.40. The van der Waals surface area contributed by atoms with E-state index in [9.17, 15) is 5.11 Å². The van der Waals surface area contributed by atoms with Gasteiger partial charge >= 0.3 is 0 Å². The van der Waals surface area contributed by atoms with E-state index in [0.29, 0.717) is 5.75 Å². The van der Waals surface area contributed by atoms with E-state index in [1.165, 1.54) is 0 Å². The Morgan fingerprint density at radius 3 is 2.56 bits per heavy atom. The molecule has 0 saturated heterocycles. The maximum Gasteiger partial charge on any atom is 0.137 e. The highest BCUT2D eigenvalue weighted by molar-refractivity contribution is 5.32. The van der Waals surface area contributed by atoms with Crippen molar-refractivity contribution in [2.24, 2.45) is 0 Å². The third kappa shape index (κ3) is 2.20. The Kier molecular flexibility index (Phi) is 3.17. The molecule has 16 heavy (non-hydrogen) atoms. The molecule has 1 N–H and O–H groups in total. The van der Waals surface area contributed by atoms with E-state index < -0.39 is 6.10 Å². The average molecular weight is 215 g/mol. The summed E-state index contributed by atoms with van der Waals surface area (Å²) in [4.78, 5) is 4.02. The zero-order chi connectivity index (χ0) is 11.4. The number of hydrogen-bond donors (Lipinski definition) is 1. The molecule has 1 atom stereocenters. The van der Waals surface area contributed by atoms with Crippen LogP contribution < -0.4 is 4.74 Å². The lowest BCUT2D eigenvalue weighted by molar-refractivity contribution is 0.219. The minimum atomic E-state index is -0.663. The topological polar surface area (TPSA) is 42.4 Å². The highest BCUT2D eigenvalue weighted by atomic mass is 16.5. The molecule has 0 aliphatic carbocycles. The molecule has 82 valence electrons. The minimum absolute atomic E-state index is 0.646. The van der Waals surface area contributed by atoms with E-state index in [4.69, 9.17) is 4.74 Å². The first-order valence-electron chi connectivity index (χ1n) is 5.03. The number of nitrogens with zero attached hydrogens (tertiary/aromatic N) is 1. The van der Waals surface area contributed by atoms with Crippen LogP contribution in [0.15, 0.2) is 48.8 Å². The molecule has 1 aromatic heterocycles. The monoisotopic (exact) mass is 215 g/mol. The normalized spacial score (nSPS) is 12.1. The number of rotatable bonds is 3. The van der Waals surface area contributed by atoms with Crippen LogP contribution in [0.1, 0.15) is 17.2 Å². The van der Waals surface area contributed by atoms with Crippen LogP contribution >= 0.6 is 0 Å². The van der Waals surface area contributed by atoms with Crippen molar-refractivity contribution < 1.29 is 9.84 Å². The van der Waals surface area contributed by atoms with Crippen LogP contribution in [0.25, 0.3) is 0 Å². The number of hydrogen-bond acceptors (Lipinski definition) is 3. The Morgan fingerprint density at radius 2 is 1.88 bits per heavy atom. The van der Waals surface area contributed by atoms with Gasteiger partial charge in [0.1, 0.15) is 11.9 Å². The summed E-state index contributed by atoms with van der Waals surface area (Å²) in [6.45, 7) is 0. The Labute approximate surface area is 94.3 Å². The molecule has 0 saturated carbocycles. The maximum absolute atomic E-state index is 10.1. The zero-order valence-electron chi connectivity index (χ0n) is 9.00. The van der Waals surface area contributed by atoms with Crippen LogP contribution in [0.2, 0.25) is 0 Å². The first-order valence-corrected chi connectivity index (χ1v) is 5.03. The number of methoxy groups -OCH3 is 1. The van der Waals surface area contributed by atoms with Gasteiger partial charge in [0.15, 0.2) is 0 Å². The van der Waals surface area contributed by atoms with Crippen molar-refractivity contribution in [1.29, 1.82) is 0 Å². The number of aromatic nitrogens is 1. The summed E-state index contributed by atoms with van der Waals surface area (Å²) in [7, 11) is 1.58. The van der Waals surface area contributed by atoms with Crippen molar-refractivity contribution in [1.82, 2.24) is 4.98 Å². The van der Waals surface area contributed by atoms with Crippen LogP contribution in [0, 0.1) is 0 Å². The van der Waals surface area contributed by atoms with Gasteiger partial charge in [0.25, 0.3) is 0 Å². The zero-order valence-corrected chi connectivity index (χ0v) is 9.00. The van der Waals surface area contributed by atoms with Gasteiger partial charge in [0, 0.05) is 11.8 Å². The molecule has 3 heteroatoms. The number of pyridine rings is 1. The predicted octanol–water partition coefficient (Wildman–Crippen LogP) is 2.17. The fourth-order valence-electron chi connectivity index (χ4n) is 1.52. The van der Waals surface area contributed by atoms with Crippen molar-refractivity contribution in [2.75, 3.05) is 7.11 Å². The van der Waals surface area contributed by atoms with Gasteiger partial charge in [-0.25, -0.2) is 0 Å². The summed E-state index contributed by atoms with van der Waals surface area (Å²) >= 11 is 0. The molecule has 0 unspecified atom stereocenters. The van der Waals surface area contributed by atoms with Gasteiger partial charge in [0.05, 0.1) is 13.3 Å². The first-order chi connectivity index (χ1) is 7.81. The first kappa shape index (κ1) is 10.6. The molecule has 0 radical (unpaired) electrons. The van der Waals surface area contributed by atoms with Crippen LogP contribution in [0.4, 0.5) is 0 Å². The van der Waals surface area contributed by atoms with E-state index in [-0.39, 0.29) is 0 Å². The lowest BCUT2D eigenvalue weighted by Crippen LogP contribution is -2.00. The van der Waals surface area contributed by atoms with Gasteiger partial charge in [-0.1, -0.05) is 30.3 Å². The Hall–Kier alpha value is -1.87. The molecule has 0 fully saturated rings. The molecule has 2 aromatic rings. The Morgan fingerprint density at radius 1 is 1.12 bits per heavy atom. The van der Waals surface area contributed by atoms with E-state index in [0.717, 1.165) is 11.1 Å². The molecule has 0 spiro atoms. The van der Waals surface area contributed by atoms with E-state index in [1.54, 1.807) is 25.6 Å².